The zero-order valence-corrected chi connectivity index (χ0v) is 20.4. The van der Waals surface area contributed by atoms with Crippen molar-refractivity contribution in [2.24, 2.45) is 0 Å². The fourth-order valence-corrected chi connectivity index (χ4v) is 5.56. The number of nitrogens with zero attached hydrogens (tertiary/aromatic N) is 3. The number of aryl methyl sites for hydroxylation is 1. The smallest absolute Gasteiger partial charge is 0.273 e. The van der Waals surface area contributed by atoms with Crippen molar-refractivity contribution >= 4 is 11.8 Å². The van der Waals surface area contributed by atoms with E-state index < -0.39 is 5.54 Å². The molecule has 2 aliphatic heterocycles. The summed E-state index contributed by atoms with van der Waals surface area (Å²) >= 11 is 0. The van der Waals surface area contributed by atoms with Crippen molar-refractivity contribution < 1.29 is 14.3 Å². The fraction of sp³-hybridized carbons (Fsp3) is 0.593. The number of hydrogen-bond acceptors (Lipinski definition) is 4. The van der Waals surface area contributed by atoms with Gasteiger partial charge in [0, 0.05) is 24.8 Å². The standard InChI is InChI=1S/C27H36N4O3/c1-3-19-11-13-20(14-12-19)23-16-24-25(32)30(17-22-10-7-15-34-22)27(2,18-31(24)29-23)26(33)28-21-8-5-4-6-9-21/h11-14,16,21-22H,3-10,15,17-18H2,1-2H3,(H,28,33)/t22-,27+/m0/s1. The van der Waals surface area contributed by atoms with Gasteiger partial charge in [0.05, 0.1) is 18.3 Å². The predicted octanol–water partition coefficient (Wildman–Crippen LogP) is 3.95. The summed E-state index contributed by atoms with van der Waals surface area (Å²) in [6.07, 6.45) is 8.39. The zero-order valence-electron chi connectivity index (χ0n) is 20.4. The highest BCUT2D eigenvalue weighted by molar-refractivity contribution is 6.00. The van der Waals surface area contributed by atoms with Gasteiger partial charge in [-0.2, -0.15) is 5.10 Å². The van der Waals surface area contributed by atoms with Crippen LogP contribution in [0.15, 0.2) is 30.3 Å². The van der Waals surface area contributed by atoms with Gasteiger partial charge in [0.25, 0.3) is 5.91 Å². The van der Waals surface area contributed by atoms with Crippen molar-refractivity contribution in [2.75, 3.05) is 13.2 Å². The molecule has 34 heavy (non-hydrogen) atoms. The molecule has 0 bridgehead atoms. The lowest BCUT2D eigenvalue weighted by Gasteiger charge is -2.44. The number of benzene rings is 1. The van der Waals surface area contributed by atoms with E-state index in [0.29, 0.717) is 25.4 Å². The summed E-state index contributed by atoms with van der Waals surface area (Å²) in [5.74, 6) is -0.229. The molecular weight excluding hydrogens is 428 g/mol. The maximum absolute atomic E-state index is 13.8. The van der Waals surface area contributed by atoms with Gasteiger partial charge in [-0.05, 0) is 50.7 Å². The van der Waals surface area contributed by atoms with E-state index in [1.165, 1.54) is 12.0 Å². The summed E-state index contributed by atoms with van der Waals surface area (Å²) in [4.78, 5) is 29.2. The number of fused-ring (bicyclic) bond motifs is 1. The highest BCUT2D eigenvalue weighted by Crippen LogP contribution is 2.32. The first-order valence-corrected chi connectivity index (χ1v) is 12.9. The van der Waals surface area contributed by atoms with E-state index in [0.717, 1.165) is 56.2 Å². The molecule has 0 spiro atoms. The van der Waals surface area contributed by atoms with Crippen LogP contribution >= 0.6 is 0 Å². The van der Waals surface area contributed by atoms with Crippen LogP contribution in [0.2, 0.25) is 0 Å². The quantitative estimate of drug-likeness (QED) is 0.702. The number of rotatable bonds is 6. The molecule has 1 aromatic carbocycles. The van der Waals surface area contributed by atoms with Gasteiger partial charge in [0.15, 0.2) is 0 Å². The Labute approximate surface area is 201 Å². The molecule has 7 heteroatoms. The highest BCUT2D eigenvalue weighted by Gasteiger charge is 2.49. The third-order valence-electron chi connectivity index (χ3n) is 7.80. The third-order valence-corrected chi connectivity index (χ3v) is 7.80. The van der Waals surface area contributed by atoms with E-state index >= 15 is 0 Å². The van der Waals surface area contributed by atoms with Crippen molar-refractivity contribution in [2.45, 2.75) is 89.4 Å². The topological polar surface area (TPSA) is 76.5 Å². The van der Waals surface area contributed by atoms with Gasteiger partial charge in [-0.3, -0.25) is 14.3 Å². The van der Waals surface area contributed by atoms with E-state index in [4.69, 9.17) is 9.84 Å². The summed E-state index contributed by atoms with van der Waals surface area (Å²) in [7, 11) is 0. The first-order valence-electron chi connectivity index (χ1n) is 12.9. The van der Waals surface area contributed by atoms with Crippen LogP contribution in [-0.2, 0) is 22.5 Å². The van der Waals surface area contributed by atoms with Crippen LogP contribution < -0.4 is 5.32 Å². The lowest BCUT2D eigenvalue weighted by molar-refractivity contribution is -0.134. The largest absolute Gasteiger partial charge is 0.376 e. The molecule has 2 fully saturated rings. The Kier molecular flexibility index (Phi) is 6.47. The van der Waals surface area contributed by atoms with E-state index in [2.05, 4.69) is 36.5 Å². The lowest BCUT2D eigenvalue weighted by atomic mass is 9.91. The van der Waals surface area contributed by atoms with E-state index in [9.17, 15) is 9.59 Å². The average molecular weight is 465 g/mol. The number of aromatic nitrogens is 2. The molecular formula is C27H36N4O3. The molecule has 3 aliphatic rings. The van der Waals surface area contributed by atoms with Gasteiger partial charge in [-0.1, -0.05) is 50.5 Å². The van der Waals surface area contributed by atoms with Crippen LogP contribution in [0.4, 0.5) is 0 Å². The Balaban J connectivity index is 1.46. The molecule has 1 saturated heterocycles. The van der Waals surface area contributed by atoms with Crippen LogP contribution in [0.3, 0.4) is 0 Å². The molecule has 1 saturated carbocycles. The molecule has 2 amide bonds. The minimum Gasteiger partial charge on any atom is -0.376 e. The van der Waals surface area contributed by atoms with E-state index in [1.54, 1.807) is 9.58 Å². The van der Waals surface area contributed by atoms with Gasteiger partial charge in [0.2, 0.25) is 5.91 Å². The summed E-state index contributed by atoms with van der Waals surface area (Å²) in [6, 6.07) is 10.4. The predicted molar refractivity (Wildman–Crippen MR) is 130 cm³/mol. The summed E-state index contributed by atoms with van der Waals surface area (Å²) in [6.45, 7) is 5.50. The molecule has 1 N–H and O–H groups in total. The monoisotopic (exact) mass is 464 g/mol. The molecule has 5 rings (SSSR count). The summed E-state index contributed by atoms with van der Waals surface area (Å²) < 4.78 is 7.60. The molecule has 2 atom stereocenters. The highest BCUT2D eigenvalue weighted by atomic mass is 16.5. The van der Waals surface area contributed by atoms with Gasteiger partial charge < -0.3 is 15.0 Å². The van der Waals surface area contributed by atoms with E-state index in [-0.39, 0.29) is 24.0 Å². The van der Waals surface area contributed by atoms with Crippen LogP contribution in [0, 0.1) is 0 Å². The number of nitrogens with one attached hydrogen (secondary N) is 1. The maximum atomic E-state index is 13.8. The summed E-state index contributed by atoms with van der Waals surface area (Å²) in [5.41, 5.74) is 2.53. The maximum Gasteiger partial charge on any atom is 0.273 e. The van der Waals surface area contributed by atoms with Gasteiger partial charge >= 0.3 is 0 Å². The minimum atomic E-state index is -1.01. The Morgan fingerprint density at radius 2 is 1.91 bits per heavy atom. The lowest BCUT2D eigenvalue weighted by Crippen LogP contribution is -2.66. The third kappa shape index (κ3) is 4.38. The zero-order chi connectivity index (χ0) is 23.7. The SMILES string of the molecule is CCc1ccc(-c2cc3n(n2)C[C@](C)(C(=O)NC2CCCCC2)N(C[C@@H]2CCCO2)C3=O)cc1. The molecule has 7 nitrogen and oxygen atoms in total. The number of ether oxygens (including phenoxy) is 1. The number of amides is 2. The second-order valence-electron chi connectivity index (χ2n) is 10.3. The summed E-state index contributed by atoms with van der Waals surface area (Å²) in [5, 5.41) is 8.05. The molecule has 2 aromatic rings. The second-order valence-corrected chi connectivity index (χ2v) is 10.3. The normalized spacial score (nSPS) is 25.4. The molecule has 0 radical (unpaired) electrons. The second kappa shape index (κ2) is 9.53. The molecule has 0 unspecified atom stereocenters. The van der Waals surface area contributed by atoms with Crippen LogP contribution in [0.25, 0.3) is 11.3 Å². The molecule has 182 valence electrons. The number of hydrogen-bond donors (Lipinski definition) is 1. The Hall–Kier alpha value is -2.67. The number of carbonyl (C=O) groups is 2. The van der Waals surface area contributed by atoms with Crippen molar-refractivity contribution in [3.63, 3.8) is 0 Å². The van der Waals surface area contributed by atoms with Gasteiger partial charge in [0.1, 0.15) is 11.2 Å². The van der Waals surface area contributed by atoms with Crippen molar-refractivity contribution in [3.8, 4) is 11.3 Å². The Morgan fingerprint density at radius 3 is 2.59 bits per heavy atom. The minimum absolute atomic E-state index is 0.0266. The van der Waals surface area contributed by atoms with Crippen molar-refractivity contribution in [1.82, 2.24) is 20.0 Å². The first-order chi connectivity index (χ1) is 16.5. The molecule has 3 heterocycles. The van der Waals surface area contributed by atoms with Crippen LogP contribution in [0.1, 0.15) is 74.8 Å². The Bertz CT molecular complexity index is 1030. The van der Waals surface area contributed by atoms with Gasteiger partial charge in [-0.25, -0.2) is 0 Å². The fourth-order valence-electron chi connectivity index (χ4n) is 5.56. The van der Waals surface area contributed by atoms with Crippen molar-refractivity contribution in [3.05, 3.63) is 41.6 Å². The molecule has 1 aromatic heterocycles. The average Bonchev–Trinajstić information content (AvgIpc) is 3.52. The first kappa shape index (κ1) is 23.1. The van der Waals surface area contributed by atoms with Crippen LogP contribution in [-0.4, -0.2) is 57.3 Å². The van der Waals surface area contributed by atoms with E-state index in [1.807, 2.05) is 13.0 Å². The molecule has 1 aliphatic carbocycles. The van der Waals surface area contributed by atoms with Crippen LogP contribution in [0.5, 0.6) is 0 Å². The number of carbonyl (C=O) groups excluding carboxylic acids is 2. The Morgan fingerprint density at radius 1 is 1.15 bits per heavy atom. The van der Waals surface area contributed by atoms with Gasteiger partial charge in [-0.15, -0.1) is 0 Å². The van der Waals surface area contributed by atoms with Crippen molar-refractivity contribution in [1.29, 1.82) is 0 Å².